The molecular formula is C50H92NO7P. The minimum absolute atomic E-state index is 0.0870. The summed E-state index contributed by atoms with van der Waals surface area (Å²) in [5.41, 5.74) is 5.38. The number of nitrogens with two attached hydrogens (primary N) is 1. The Morgan fingerprint density at radius 1 is 0.525 bits per heavy atom. The van der Waals surface area contributed by atoms with Crippen LogP contribution in [0.1, 0.15) is 213 Å². The van der Waals surface area contributed by atoms with Crippen LogP contribution in [0.15, 0.2) is 60.8 Å². The molecule has 8 nitrogen and oxygen atoms in total. The van der Waals surface area contributed by atoms with Crippen molar-refractivity contribution in [3.8, 4) is 0 Å². The molecule has 0 aromatic rings. The largest absolute Gasteiger partial charge is 0.472 e. The third-order valence-electron chi connectivity index (χ3n) is 10.2. The third-order valence-corrected chi connectivity index (χ3v) is 11.2. The van der Waals surface area contributed by atoms with Crippen molar-refractivity contribution in [1.29, 1.82) is 0 Å². The van der Waals surface area contributed by atoms with E-state index in [1.165, 1.54) is 122 Å². The van der Waals surface area contributed by atoms with Gasteiger partial charge in [-0.1, -0.05) is 209 Å². The maximum absolute atomic E-state index is 12.6. The molecule has 0 aromatic carbocycles. The molecule has 0 aromatic heterocycles. The van der Waals surface area contributed by atoms with Gasteiger partial charge in [0, 0.05) is 19.6 Å². The van der Waals surface area contributed by atoms with Crippen LogP contribution in [0.4, 0.5) is 0 Å². The number of phosphoric ester groups is 1. The van der Waals surface area contributed by atoms with E-state index in [4.69, 9.17) is 24.3 Å². The molecule has 344 valence electrons. The molecular weight excluding hydrogens is 758 g/mol. The number of rotatable bonds is 46. The van der Waals surface area contributed by atoms with Gasteiger partial charge in [-0.25, -0.2) is 4.57 Å². The summed E-state index contributed by atoms with van der Waals surface area (Å²) in [5, 5.41) is 0. The predicted molar refractivity (Wildman–Crippen MR) is 252 cm³/mol. The van der Waals surface area contributed by atoms with Crippen LogP contribution in [0.5, 0.6) is 0 Å². The normalized spacial score (nSPS) is 13.9. The van der Waals surface area contributed by atoms with Gasteiger partial charge in [0.25, 0.3) is 0 Å². The second-order valence-electron chi connectivity index (χ2n) is 16.0. The summed E-state index contributed by atoms with van der Waals surface area (Å²) in [6.07, 6.45) is 58.3. The molecule has 0 amide bonds. The summed E-state index contributed by atoms with van der Waals surface area (Å²) in [6.45, 7) is 4.72. The molecule has 0 aliphatic heterocycles. The zero-order chi connectivity index (χ0) is 43.0. The quantitative estimate of drug-likeness (QED) is 0.0269. The van der Waals surface area contributed by atoms with Crippen LogP contribution in [-0.4, -0.2) is 49.9 Å². The number of phosphoric acid groups is 1. The molecule has 3 N–H and O–H groups in total. The first kappa shape index (κ1) is 57.2. The molecule has 0 saturated heterocycles. The average Bonchev–Trinajstić information content (AvgIpc) is 3.23. The first-order chi connectivity index (χ1) is 28.9. The number of allylic oxidation sites excluding steroid dienone is 10. The molecule has 0 radical (unpaired) electrons. The van der Waals surface area contributed by atoms with E-state index in [0.29, 0.717) is 13.0 Å². The lowest BCUT2D eigenvalue weighted by Gasteiger charge is -2.20. The van der Waals surface area contributed by atoms with Crippen LogP contribution in [0.2, 0.25) is 0 Å². The Kier molecular flexibility index (Phi) is 45.8. The summed E-state index contributed by atoms with van der Waals surface area (Å²) in [4.78, 5) is 22.6. The van der Waals surface area contributed by atoms with Gasteiger partial charge in [-0.2, -0.15) is 0 Å². The number of esters is 1. The smallest absolute Gasteiger partial charge is 0.457 e. The lowest BCUT2D eigenvalue weighted by molar-refractivity contribution is -0.154. The van der Waals surface area contributed by atoms with Crippen molar-refractivity contribution in [2.24, 2.45) is 5.73 Å². The molecule has 0 spiro atoms. The highest BCUT2D eigenvalue weighted by Gasteiger charge is 2.25. The summed E-state index contributed by atoms with van der Waals surface area (Å²) in [6, 6.07) is 0. The summed E-state index contributed by atoms with van der Waals surface area (Å²) in [7, 11) is -4.29. The van der Waals surface area contributed by atoms with Gasteiger partial charge < -0.3 is 20.1 Å². The molecule has 59 heavy (non-hydrogen) atoms. The fraction of sp³-hybridized carbons (Fsp3) is 0.780. The SMILES string of the molecule is CC/C=C\C/C=C\C/C=C\C/C=C\C/C=C\CCCCOCC(COP(=O)(O)OCCN)OC(=O)CCCCCCCCCCCCCCCCCCCCCCCC. The van der Waals surface area contributed by atoms with E-state index < -0.39 is 13.9 Å². The number of unbranched alkanes of at least 4 members (excludes halogenated alkanes) is 23. The molecule has 2 atom stereocenters. The van der Waals surface area contributed by atoms with Crippen LogP contribution in [-0.2, 0) is 27.9 Å². The van der Waals surface area contributed by atoms with E-state index >= 15 is 0 Å². The molecule has 0 saturated carbocycles. The molecule has 0 fully saturated rings. The van der Waals surface area contributed by atoms with Gasteiger partial charge in [0.1, 0.15) is 6.10 Å². The molecule has 0 aliphatic carbocycles. The molecule has 0 rings (SSSR count). The summed E-state index contributed by atoms with van der Waals surface area (Å²) in [5.74, 6) is -0.343. The maximum atomic E-state index is 12.6. The number of ether oxygens (including phenoxy) is 2. The molecule has 9 heteroatoms. The Hall–Kier alpha value is -1.80. The zero-order valence-electron chi connectivity index (χ0n) is 38.2. The van der Waals surface area contributed by atoms with Gasteiger partial charge >= 0.3 is 13.8 Å². The number of carbonyl (C=O) groups is 1. The van der Waals surface area contributed by atoms with E-state index in [2.05, 4.69) is 74.6 Å². The van der Waals surface area contributed by atoms with E-state index in [0.717, 1.165) is 70.6 Å². The first-order valence-corrected chi connectivity index (χ1v) is 25.8. The average molecular weight is 850 g/mol. The minimum atomic E-state index is -4.29. The summed E-state index contributed by atoms with van der Waals surface area (Å²) >= 11 is 0. The standard InChI is InChI=1S/C50H92NO7P/c1-3-5-7-9-11-13-15-17-19-21-23-24-25-26-27-29-31-33-35-37-39-41-43-50(52)58-49(48-57-59(53,54)56-46-44-51)47-55-45-42-40-38-36-34-32-30-28-22-20-18-16-14-12-10-8-6-4-2/h6,8,12,14,18,20,28,30,34,36,49H,3-5,7,9-11,13,15-17,19,21-27,29,31-33,35,37-48,51H2,1-2H3,(H,53,54)/b8-6-,14-12-,20-18-,30-28-,36-34-. The van der Waals surface area contributed by atoms with Gasteiger partial charge in [-0.15, -0.1) is 0 Å². The van der Waals surface area contributed by atoms with Crippen LogP contribution in [0, 0.1) is 0 Å². The molecule has 2 unspecified atom stereocenters. The third kappa shape index (κ3) is 47.1. The highest BCUT2D eigenvalue weighted by atomic mass is 31.2. The lowest BCUT2D eigenvalue weighted by atomic mass is 10.0. The Labute approximate surface area is 363 Å². The number of carbonyl (C=O) groups excluding carboxylic acids is 1. The van der Waals surface area contributed by atoms with Crippen molar-refractivity contribution in [2.75, 3.05) is 33.0 Å². The van der Waals surface area contributed by atoms with Gasteiger partial charge in [-0.05, 0) is 57.8 Å². The van der Waals surface area contributed by atoms with Gasteiger partial charge in [0.15, 0.2) is 0 Å². The molecule has 0 heterocycles. The Morgan fingerprint density at radius 2 is 0.949 bits per heavy atom. The van der Waals surface area contributed by atoms with Crippen molar-refractivity contribution in [3.05, 3.63) is 60.8 Å². The second kappa shape index (κ2) is 47.3. The van der Waals surface area contributed by atoms with Gasteiger partial charge in [0.2, 0.25) is 0 Å². The molecule has 0 aliphatic rings. The zero-order valence-corrected chi connectivity index (χ0v) is 39.1. The maximum Gasteiger partial charge on any atom is 0.472 e. The van der Waals surface area contributed by atoms with Gasteiger partial charge in [-0.3, -0.25) is 13.8 Å². The number of hydrogen-bond acceptors (Lipinski definition) is 7. The lowest BCUT2D eigenvalue weighted by Crippen LogP contribution is -2.28. The highest BCUT2D eigenvalue weighted by Crippen LogP contribution is 2.43. The fourth-order valence-electron chi connectivity index (χ4n) is 6.67. The van der Waals surface area contributed by atoms with E-state index in [9.17, 15) is 14.3 Å². The predicted octanol–water partition coefficient (Wildman–Crippen LogP) is 14.9. The second-order valence-corrected chi connectivity index (χ2v) is 17.4. The fourth-order valence-corrected chi connectivity index (χ4v) is 7.44. The topological polar surface area (TPSA) is 117 Å². The van der Waals surface area contributed by atoms with E-state index in [1.54, 1.807) is 0 Å². The van der Waals surface area contributed by atoms with Crippen LogP contribution < -0.4 is 5.73 Å². The van der Waals surface area contributed by atoms with Crippen LogP contribution in [0.25, 0.3) is 0 Å². The van der Waals surface area contributed by atoms with E-state index in [-0.39, 0.29) is 32.3 Å². The van der Waals surface area contributed by atoms with E-state index in [1.807, 2.05) is 0 Å². The monoisotopic (exact) mass is 850 g/mol. The number of hydrogen-bond donors (Lipinski definition) is 2. The van der Waals surface area contributed by atoms with Crippen molar-refractivity contribution < 1.29 is 32.8 Å². The minimum Gasteiger partial charge on any atom is -0.457 e. The van der Waals surface area contributed by atoms with Crippen molar-refractivity contribution in [1.82, 2.24) is 0 Å². The Bertz CT molecular complexity index is 1090. The highest BCUT2D eigenvalue weighted by molar-refractivity contribution is 7.47. The van der Waals surface area contributed by atoms with Crippen molar-refractivity contribution in [2.45, 2.75) is 219 Å². The Morgan fingerprint density at radius 3 is 1.39 bits per heavy atom. The molecule has 0 bridgehead atoms. The van der Waals surface area contributed by atoms with Gasteiger partial charge in [0.05, 0.1) is 19.8 Å². The Balaban J connectivity index is 4.01. The van der Waals surface area contributed by atoms with Crippen molar-refractivity contribution in [3.63, 3.8) is 0 Å². The van der Waals surface area contributed by atoms with Crippen LogP contribution >= 0.6 is 7.82 Å². The first-order valence-electron chi connectivity index (χ1n) is 24.3. The van der Waals surface area contributed by atoms with Crippen LogP contribution in [0.3, 0.4) is 0 Å². The van der Waals surface area contributed by atoms with Crippen molar-refractivity contribution >= 4 is 13.8 Å². The summed E-state index contributed by atoms with van der Waals surface area (Å²) < 4.78 is 33.5.